The number of methoxy groups -OCH3 is 2. The lowest BCUT2D eigenvalue weighted by atomic mass is 9.98. The predicted octanol–water partition coefficient (Wildman–Crippen LogP) is 9.59. The first-order valence-electron chi connectivity index (χ1n) is 18.2. The fourth-order valence-electron chi connectivity index (χ4n) is 4.82. The molecule has 1 aliphatic carbocycles. The van der Waals surface area contributed by atoms with Crippen LogP contribution in [0.15, 0.2) is 65.7 Å². The normalized spacial score (nSPS) is 17.5. The van der Waals surface area contributed by atoms with E-state index in [1.54, 1.807) is 12.2 Å². The number of rotatable bonds is 17. The Bertz CT molecular complexity index is 1440. The van der Waals surface area contributed by atoms with Gasteiger partial charge in [0.2, 0.25) is 6.54 Å². The van der Waals surface area contributed by atoms with E-state index in [0.717, 1.165) is 5.56 Å². The third-order valence-corrected chi connectivity index (χ3v) is 24.6. The summed E-state index contributed by atoms with van der Waals surface area (Å²) in [5.41, 5.74) is 1.55. The molecule has 52 heavy (non-hydrogen) atoms. The fraction of sp³-hybridized carbons (Fsp3) is 0.667. The highest BCUT2D eigenvalue weighted by atomic mass is 28.4. The van der Waals surface area contributed by atoms with Crippen molar-refractivity contribution in [2.45, 2.75) is 148 Å². The molecule has 13 heteroatoms. The number of nitrogens with zero attached hydrogens (tertiary/aromatic N) is 1. The molecule has 4 atom stereocenters. The van der Waals surface area contributed by atoms with Gasteiger partial charge in [-0.2, -0.15) is 0 Å². The van der Waals surface area contributed by atoms with E-state index in [0.29, 0.717) is 5.57 Å². The van der Waals surface area contributed by atoms with E-state index < -0.39 is 55.9 Å². The molecular formula is C39H67NO9Si3. The second-order valence-corrected chi connectivity index (χ2v) is 32.6. The molecule has 0 N–H and O–H groups in total. The average Bonchev–Trinajstić information content (AvgIpc) is 2.99. The van der Waals surface area contributed by atoms with Crippen LogP contribution in [0.1, 0.15) is 67.9 Å². The van der Waals surface area contributed by atoms with E-state index >= 15 is 0 Å². The van der Waals surface area contributed by atoms with Gasteiger partial charge in [-0.3, -0.25) is 14.9 Å². The van der Waals surface area contributed by atoms with Gasteiger partial charge in [-0.05, 0) is 83.8 Å². The Kier molecular flexibility index (Phi) is 15.3. The smallest absolute Gasteiger partial charge is 0.261 e. The first-order chi connectivity index (χ1) is 23.6. The molecule has 294 valence electrons. The number of hydrogen-bond donors (Lipinski definition) is 0. The monoisotopic (exact) mass is 777 g/mol. The number of nitro groups is 1. The second kappa shape index (κ2) is 17.4. The largest absolute Gasteiger partial charge is 0.492 e. The molecule has 0 fully saturated rings. The minimum Gasteiger partial charge on any atom is -0.492 e. The molecule has 0 aromatic heterocycles. The number of hydrogen-bond acceptors (Lipinski definition) is 9. The van der Waals surface area contributed by atoms with E-state index in [-0.39, 0.29) is 43.9 Å². The Morgan fingerprint density at radius 2 is 1.15 bits per heavy atom. The third-order valence-electron chi connectivity index (χ3n) is 11.2. The standard InChI is InChI=1S/C39H67NO9Si3/c1-37(2,3)50(12,13)47-32(25-29-23-30(44-10)34(41)31(24-29)45-11)35(46-27-28-21-19-18-20-22-28)36(49-52(16,17)39(7,8)9)33(26-40(42)43)48-51(14,15)38(4,5)6/h18-25,32-33,35-36H,26-27H2,1-17H3/t32-,33+,35+,36+/m1/s1. The minimum absolute atomic E-state index is 0.125. The third kappa shape index (κ3) is 12.1. The van der Waals surface area contributed by atoms with E-state index in [4.69, 9.17) is 27.5 Å². The second-order valence-electron chi connectivity index (χ2n) is 18.3. The van der Waals surface area contributed by atoms with Crippen LogP contribution in [0.5, 0.6) is 0 Å². The van der Waals surface area contributed by atoms with Crippen molar-refractivity contribution < 1.29 is 37.2 Å². The van der Waals surface area contributed by atoms with Crippen LogP contribution in [-0.2, 0) is 38.9 Å². The number of carbonyl (C=O) groups excluding carboxylic acids is 1. The Morgan fingerprint density at radius 1 is 0.712 bits per heavy atom. The van der Waals surface area contributed by atoms with Crippen molar-refractivity contribution >= 4 is 30.7 Å². The number of carbonyl (C=O) groups is 1. The quantitative estimate of drug-likeness (QED) is 0.0867. The highest BCUT2D eigenvalue weighted by molar-refractivity contribution is 6.75. The van der Waals surface area contributed by atoms with Gasteiger partial charge in [0.1, 0.15) is 18.3 Å². The van der Waals surface area contributed by atoms with E-state index in [9.17, 15) is 14.9 Å². The van der Waals surface area contributed by atoms with Crippen molar-refractivity contribution in [2.75, 3.05) is 20.8 Å². The summed E-state index contributed by atoms with van der Waals surface area (Å²) in [6, 6.07) is 9.81. The fourth-order valence-corrected chi connectivity index (χ4v) is 8.70. The van der Waals surface area contributed by atoms with Gasteiger partial charge >= 0.3 is 0 Å². The van der Waals surface area contributed by atoms with Crippen LogP contribution in [0.4, 0.5) is 0 Å². The summed E-state index contributed by atoms with van der Waals surface area (Å²) in [5.74, 6) is -0.117. The molecule has 0 aliphatic heterocycles. The summed E-state index contributed by atoms with van der Waals surface area (Å²) in [4.78, 5) is 25.2. The molecular weight excluding hydrogens is 711 g/mol. The van der Waals surface area contributed by atoms with Gasteiger partial charge in [0.25, 0.3) is 5.78 Å². The topological polar surface area (TPSA) is 116 Å². The van der Waals surface area contributed by atoms with Crippen molar-refractivity contribution in [1.82, 2.24) is 0 Å². The number of Topliss-reactive ketones (excluding diaryl/α,β-unsaturated/α-hetero) is 1. The van der Waals surface area contributed by atoms with E-state index in [1.807, 2.05) is 36.4 Å². The maximum absolute atomic E-state index is 13.0. The lowest BCUT2D eigenvalue weighted by molar-refractivity contribution is -0.492. The lowest BCUT2D eigenvalue weighted by Gasteiger charge is -2.48. The van der Waals surface area contributed by atoms with Gasteiger partial charge in [0.15, 0.2) is 36.5 Å². The Hall–Kier alpha value is -2.40. The molecule has 1 aliphatic rings. The molecule has 2 rings (SSSR count). The van der Waals surface area contributed by atoms with Crippen molar-refractivity contribution in [3.63, 3.8) is 0 Å². The zero-order valence-electron chi connectivity index (χ0n) is 35.0. The summed E-state index contributed by atoms with van der Waals surface area (Å²) in [7, 11) is -4.95. The van der Waals surface area contributed by atoms with Gasteiger partial charge in [-0.1, -0.05) is 92.6 Å². The first-order valence-corrected chi connectivity index (χ1v) is 26.9. The van der Waals surface area contributed by atoms with Crippen LogP contribution < -0.4 is 0 Å². The van der Waals surface area contributed by atoms with Gasteiger partial charge in [-0.15, -0.1) is 0 Å². The van der Waals surface area contributed by atoms with E-state index in [2.05, 4.69) is 102 Å². The van der Waals surface area contributed by atoms with Crippen molar-refractivity contribution in [2.24, 2.45) is 0 Å². The summed E-state index contributed by atoms with van der Waals surface area (Å²) >= 11 is 0. The number of benzene rings is 1. The van der Waals surface area contributed by atoms with Crippen LogP contribution in [0.25, 0.3) is 0 Å². The number of ketones is 1. The van der Waals surface area contributed by atoms with Crippen molar-refractivity contribution in [3.05, 3.63) is 81.3 Å². The van der Waals surface area contributed by atoms with Gasteiger partial charge in [0, 0.05) is 4.92 Å². The maximum atomic E-state index is 13.0. The van der Waals surface area contributed by atoms with Gasteiger partial charge in [0.05, 0.1) is 26.9 Å². The average molecular weight is 778 g/mol. The lowest BCUT2D eigenvalue weighted by Crippen LogP contribution is -2.60. The molecule has 0 heterocycles. The molecule has 1 aromatic rings. The van der Waals surface area contributed by atoms with Crippen LogP contribution in [0.3, 0.4) is 0 Å². The molecule has 0 amide bonds. The minimum atomic E-state index is -2.65. The van der Waals surface area contributed by atoms with Crippen molar-refractivity contribution in [3.8, 4) is 0 Å². The Balaban J connectivity index is 3.08. The first kappa shape index (κ1) is 45.8. The summed E-state index contributed by atoms with van der Waals surface area (Å²) in [6.07, 6.45) is 1.70. The molecule has 0 unspecified atom stereocenters. The highest BCUT2D eigenvalue weighted by Crippen LogP contribution is 2.43. The highest BCUT2D eigenvalue weighted by Gasteiger charge is 2.51. The Labute approximate surface area is 316 Å². The molecule has 0 bridgehead atoms. The van der Waals surface area contributed by atoms with Crippen molar-refractivity contribution in [1.29, 1.82) is 0 Å². The summed E-state index contributed by atoms with van der Waals surface area (Å²) in [6.45, 7) is 31.8. The zero-order valence-corrected chi connectivity index (χ0v) is 38.0. The molecule has 0 saturated heterocycles. The molecule has 10 nitrogen and oxygen atoms in total. The molecule has 0 saturated carbocycles. The summed E-state index contributed by atoms with van der Waals surface area (Å²) < 4.78 is 39.6. The molecule has 1 aromatic carbocycles. The van der Waals surface area contributed by atoms with E-state index in [1.165, 1.54) is 14.2 Å². The van der Waals surface area contributed by atoms with Crippen LogP contribution in [-0.4, -0.2) is 80.8 Å². The predicted molar refractivity (Wildman–Crippen MR) is 216 cm³/mol. The maximum Gasteiger partial charge on any atom is 0.261 e. The zero-order chi connectivity index (χ0) is 40.1. The Morgan fingerprint density at radius 3 is 1.58 bits per heavy atom. The van der Waals surface area contributed by atoms with Gasteiger partial charge in [-0.25, -0.2) is 0 Å². The SMILES string of the molecule is COC1=CC(=C[C@@H](O[Si](C)(C)C(C)(C)C)[C@H](OCc2ccccc2)[C@@H](O[Si](C)(C)C(C)(C)C)[C@H](C[N+](=O)[O-])O[Si](C)(C)C(C)(C)C)C=C(OC)C1=O. The number of ether oxygens (including phenoxy) is 3. The molecule has 0 radical (unpaired) electrons. The summed E-state index contributed by atoms with van der Waals surface area (Å²) in [5, 5.41) is 11.9. The number of allylic oxidation sites excluding steroid dienone is 3. The van der Waals surface area contributed by atoms with Crippen LogP contribution in [0, 0.1) is 10.1 Å². The molecule has 0 spiro atoms. The van der Waals surface area contributed by atoms with Crippen LogP contribution in [0.2, 0.25) is 54.4 Å². The van der Waals surface area contributed by atoms with Crippen LogP contribution >= 0.6 is 0 Å². The van der Waals surface area contributed by atoms with Gasteiger partial charge < -0.3 is 27.5 Å².